The van der Waals surface area contributed by atoms with Crippen LogP contribution in [0.1, 0.15) is 11.9 Å². The standard InChI is InChI=1S/C9H11N3O/c10-6(5-13)9-11-7-3-1-2-4-8(7)12-9/h1-4,6,13H,5,10H2,(H,11,12). The molecule has 1 heterocycles. The van der Waals surface area contributed by atoms with E-state index in [1.165, 1.54) is 0 Å². The van der Waals surface area contributed by atoms with E-state index in [2.05, 4.69) is 9.97 Å². The molecule has 0 spiro atoms. The number of hydrogen-bond acceptors (Lipinski definition) is 3. The fourth-order valence-electron chi connectivity index (χ4n) is 1.23. The SMILES string of the molecule is NC(CO)c1nc2ccccc2[nH]1. The van der Waals surface area contributed by atoms with Gasteiger partial charge in [-0.3, -0.25) is 0 Å². The monoisotopic (exact) mass is 177 g/mol. The van der Waals surface area contributed by atoms with Crippen LogP contribution in [-0.4, -0.2) is 21.7 Å². The van der Waals surface area contributed by atoms with Gasteiger partial charge in [-0.15, -0.1) is 0 Å². The van der Waals surface area contributed by atoms with Gasteiger partial charge in [0.2, 0.25) is 0 Å². The van der Waals surface area contributed by atoms with Crippen molar-refractivity contribution in [1.29, 1.82) is 0 Å². The zero-order chi connectivity index (χ0) is 9.26. The number of hydrogen-bond donors (Lipinski definition) is 3. The summed E-state index contributed by atoms with van der Waals surface area (Å²) in [4.78, 5) is 7.29. The molecule has 0 amide bonds. The molecule has 0 fully saturated rings. The van der Waals surface area contributed by atoms with E-state index in [1.807, 2.05) is 24.3 Å². The van der Waals surface area contributed by atoms with Gasteiger partial charge >= 0.3 is 0 Å². The van der Waals surface area contributed by atoms with Crippen LogP contribution in [0.4, 0.5) is 0 Å². The summed E-state index contributed by atoms with van der Waals surface area (Å²) in [6.07, 6.45) is 0. The second-order valence-corrected chi connectivity index (χ2v) is 2.93. The molecule has 0 saturated heterocycles. The molecule has 1 unspecified atom stereocenters. The second-order valence-electron chi connectivity index (χ2n) is 2.93. The Bertz CT molecular complexity index is 377. The van der Waals surface area contributed by atoms with Gasteiger partial charge in [-0.1, -0.05) is 12.1 Å². The van der Waals surface area contributed by atoms with Crippen LogP contribution in [-0.2, 0) is 0 Å². The molecule has 0 aliphatic rings. The Balaban J connectivity index is 2.49. The van der Waals surface area contributed by atoms with E-state index in [1.54, 1.807) is 0 Å². The molecule has 0 radical (unpaired) electrons. The number of aromatic nitrogens is 2. The van der Waals surface area contributed by atoms with Gasteiger partial charge in [0, 0.05) is 0 Å². The lowest BCUT2D eigenvalue weighted by molar-refractivity contribution is 0.264. The molecule has 4 nitrogen and oxygen atoms in total. The first-order valence-corrected chi connectivity index (χ1v) is 4.12. The molecule has 2 rings (SSSR count). The first-order chi connectivity index (χ1) is 6.31. The van der Waals surface area contributed by atoms with Crippen molar-refractivity contribution in [1.82, 2.24) is 9.97 Å². The zero-order valence-corrected chi connectivity index (χ0v) is 7.07. The van der Waals surface area contributed by atoms with Crippen LogP contribution in [0.3, 0.4) is 0 Å². The van der Waals surface area contributed by atoms with Crippen LogP contribution in [0.2, 0.25) is 0 Å². The Labute approximate surface area is 75.4 Å². The number of para-hydroxylation sites is 2. The van der Waals surface area contributed by atoms with Crippen molar-refractivity contribution >= 4 is 11.0 Å². The highest BCUT2D eigenvalue weighted by Gasteiger charge is 2.08. The average Bonchev–Trinajstić information content (AvgIpc) is 2.59. The largest absolute Gasteiger partial charge is 0.394 e. The van der Waals surface area contributed by atoms with E-state index in [9.17, 15) is 0 Å². The summed E-state index contributed by atoms with van der Waals surface area (Å²) in [6, 6.07) is 7.24. The van der Waals surface area contributed by atoms with Crippen LogP contribution >= 0.6 is 0 Å². The van der Waals surface area contributed by atoms with Crippen molar-refractivity contribution in [3.63, 3.8) is 0 Å². The van der Waals surface area contributed by atoms with Crippen LogP contribution in [0.5, 0.6) is 0 Å². The molecular formula is C9H11N3O. The lowest BCUT2D eigenvalue weighted by Gasteiger charge is -2.01. The molecule has 0 aliphatic carbocycles. The lowest BCUT2D eigenvalue weighted by atomic mass is 10.3. The molecular weight excluding hydrogens is 166 g/mol. The Hall–Kier alpha value is -1.39. The Morgan fingerprint density at radius 3 is 2.92 bits per heavy atom. The zero-order valence-electron chi connectivity index (χ0n) is 7.07. The van der Waals surface area contributed by atoms with Gasteiger partial charge in [0.15, 0.2) is 0 Å². The van der Waals surface area contributed by atoms with E-state index in [0.717, 1.165) is 11.0 Å². The van der Waals surface area contributed by atoms with Crippen LogP contribution in [0, 0.1) is 0 Å². The molecule has 1 aromatic carbocycles. The molecule has 1 atom stereocenters. The molecule has 0 saturated carbocycles. The number of imidazole rings is 1. The van der Waals surface area contributed by atoms with Gasteiger partial charge < -0.3 is 15.8 Å². The number of nitrogens with zero attached hydrogens (tertiary/aromatic N) is 1. The molecule has 0 aliphatic heterocycles. The molecule has 4 heteroatoms. The minimum atomic E-state index is -0.424. The summed E-state index contributed by atoms with van der Waals surface area (Å²) in [5.74, 6) is 0.628. The summed E-state index contributed by atoms with van der Waals surface area (Å²) in [5, 5.41) is 8.83. The maximum atomic E-state index is 8.83. The molecule has 1 aromatic heterocycles. The number of aliphatic hydroxyl groups is 1. The van der Waals surface area contributed by atoms with Gasteiger partial charge in [-0.25, -0.2) is 4.98 Å². The molecule has 13 heavy (non-hydrogen) atoms. The summed E-state index contributed by atoms with van der Waals surface area (Å²) in [7, 11) is 0. The Kier molecular flexibility index (Phi) is 2.00. The van der Waals surface area contributed by atoms with Crippen molar-refractivity contribution in [2.24, 2.45) is 5.73 Å². The fraction of sp³-hybridized carbons (Fsp3) is 0.222. The maximum absolute atomic E-state index is 8.83. The number of aliphatic hydroxyl groups excluding tert-OH is 1. The van der Waals surface area contributed by atoms with Gasteiger partial charge in [0.1, 0.15) is 5.82 Å². The van der Waals surface area contributed by atoms with Gasteiger partial charge in [0.25, 0.3) is 0 Å². The first kappa shape index (κ1) is 8.22. The van der Waals surface area contributed by atoms with Crippen molar-refractivity contribution in [3.8, 4) is 0 Å². The predicted octanol–water partition coefficient (Wildman–Crippen LogP) is 0.555. The summed E-state index contributed by atoms with van der Waals surface area (Å²) in [6.45, 7) is -0.0974. The van der Waals surface area contributed by atoms with Crippen LogP contribution in [0.15, 0.2) is 24.3 Å². The summed E-state index contributed by atoms with van der Waals surface area (Å²) >= 11 is 0. The summed E-state index contributed by atoms with van der Waals surface area (Å²) in [5.41, 5.74) is 7.44. The van der Waals surface area contributed by atoms with Crippen LogP contribution < -0.4 is 5.73 Å². The van der Waals surface area contributed by atoms with E-state index < -0.39 is 6.04 Å². The fourth-order valence-corrected chi connectivity index (χ4v) is 1.23. The number of nitrogens with two attached hydrogens (primary N) is 1. The third kappa shape index (κ3) is 1.41. The van der Waals surface area contributed by atoms with Crippen molar-refractivity contribution in [2.45, 2.75) is 6.04 Å². The van der Waals surface area contributed by atoms with Gasteiger partial charge in [0.05, 0.1) is 23.7 Å². The second kappa shape index (κ2) is 3.16. The van der Waals surface area contributed by atoms with Gasteiger partial charge in [-0.05, 0) is 12.1 Å². The van der Waals surface area contributed by atoms with E-state index in [-0.39, 0.29) is 6.61 Å². The third-order valence-electron chi connectivity index (χ3n) is 1.96. The highest BCUT2D eigenvalue weighted by atomic mass is 16.3. The minimum absolute atomic E-state index is 0.0974. The number of H-pyrrole nitrogens is 1. The molecule has 0 bridgehead atoms. The molecule has 4 N–H and O–H groups in total. The Morgan fingerprint density at radius 2 is 2.23 bits per heavy atom. The van der Waals surface area contributed by atoms with Gasteiger partial charge in [-0.2, -0.15) is 0 Å². The Morgan fingerprint density at radius 1 is 1.46 bits per heavy atom. The number of fused-ring (bicyclic) bond motifs is 1. The van der Waals surface area contributed by atoms with E-state index in [0.29, 0.717) is 5.82 Å². The topological polar surface area (TPSA) is 74.9 Å². The number of rotatable bonds is 2. The summed E-state index contributed by atoms with van der Waals surface area (Å²) < 4.78 is 0. The smallest absolute Gasteiger partial charge is 0.126 e. The van der Waals surface area contributed by atoms with Crippen molar-refractivity contribution in [3.05, 3.63) is 30.1 Å². The predicted molar refractivity (Wildman–Crippen MR) is 50.1 cm³/mol. The highest BCUT2D eigenvalue weighted by molar-refractivity contribution is 5.74. The molecule has 2 aromatic rings. The first-order valence-electron chi connectivity index (χ1n) is 4.12. The third-order valence-corrected chi connectivity index (χ3v) is 1.96. The van der Waals surface area contributed by atoms with Crippen molar-refractivity contribution in [2.75, 3.05) is 6.61 Å². The van der Waals surface area contributed by atoms with E-state index in [4.69, 9.17) is 10.8 Å². The number of aromatic amines is 1. The lowest BCUT2D eigenvalue weighted by Crippen LogP contribution is -2.15. The van der Waals surface area contributed by atoms with Crippen molar-refractivity contribution < 1.29 is 5.11 Å². The quantitative estimate of drug-likeness (QED) is 0.627. The highest BCUT2D eigenvalue weighted by Crippen LogP contribution is 2.13. The average molecular weight is 177 g/mol. The maximum Gasteiger partial charge on any atom is 0.126 e. The van der Waals surface area contributed by atoms with Crippen LogP contribution in [0.25, 0.3) is 11.0 Å². The normalized spacial score (nSPS) is 13.4. The molecule has 68 valence electrons. The minimum Gasteiger partial charge on any atom is -0.394 e. The number of nitrogens with one attached hydrogen (secondary N) is 1. The number of benzene rings is 1. The van der Waals surface area contributed by atoms with E-state index >= 15 is 0 Å².